The highest BCUT2D eigenvalue weighted by Crippen LogP contribution is 2.23. The van der Waals surface area contributed by atoms with Crippen molar-refractivity contribution < 1.29 is 13.2 Å². The summed E-state index contributed by atoms with van der Waals surface area (Å²) in [7, 11) is 0. The zero-order valence-corrected chi connectivity index (χ0v) is 13.3. The van der Waals surface area contributed by atoms with E-state index in [2.05, 4.69) is 31.2 Å². The predicted octanol–water partition coefficient (Wildman–Crippen LogP) is 3.10. The molecular formula is C13H18BrF3N4. The van der Waals surface area contributed by atoms with Crippen molar-refractivity contribution in [1.29, 1.82) is 0 Å². The third-order valence-corrected chi connectivity index (χ3v) is 3.81. The van der Waals surface area contributed by atoms with E-state index < -0.39 is 12.7 Å². The van der Waals surface area contributed by atoms with Gasteiger partial charge in [0.25, 0.3) is 0 Å². The molecule has 118 valence electrons. The molecule has 1 aliphatic rings. The Kier molecular flexibility index (Phi) is 5.43. The third kappa shape index (κ3) is 5.43. The summed E-state index contributed by atoms with van der Waals surface area (Å²) in [6.45, 7) is 2.75. The van der Waals surface area contributed by atoms with Crippen molar-refractivity contribution in [3.8, 4) is 0 Å². The fraction of sp³-hybridized carbons (Fsp3) is 0.692. The first-order chi connectivity index (χ1) is 9.85. The number of alkyl halides is 3. The topological polar surface area (TPSA) is 41.1 Å². The van der Waals surface area contributed by atoms with E-state index in [4.69, 9.17) is 0 Å². The van der Waals surface area contributed by atoms with E-state index >= 15 is 0 Å². The molecule has 8 heteroatoms. The molecule has 21 heavy (non-hydrogen) atoms. The van der Waals surface area contributed by atoms with Crippen LogP contribution in [0.5, 0.6) is 0 Å². The van der Waals surface area contributed by atoms with Gasteiger partial charge in [0.2, 0.25) is 0 Å². The zero-order valence-electron chi connectivity index (χ0n) is 11.8. The molecule has 1 unspecified atom stereocenters. The third-order valence-electron chi connectivity index (χ3n) is 3.40. The number of rotatable bonds is 5. The lowest BCUT2D eigenvalue weighted by atomic mass is 10.1. The van der Waals surface area contributed by atoms with Crippen LogP contribution in [0, 0.1) is 5.92 Å². The Morgan fingerprint density at radius 3 is 2.86 bits per heavy atom. The Balaban J connectivity index is 1.83. The number of anilines is 1. The largest absolute Gasteiger partial charge is 0.401 e. The van der Waals surface area contributed by atoms with Crippen molar-refractivity contribution in [2.75, 3.05) is 31.5 Å². The van der Waals surface area contributed by atoms with Crippen molar-refractivity contribution in [1.82, 2.24) is 14.9 Å². The van der Waals surface area contributed by atoms with Crippen molar-refractivity contribution in [3.63, 3.8) is 0 Å². The molecule has 0 aliphatic carbocycles. The van der Waals surface area contributed by atoms with Gasteiger partial charge in [-0.15, -0.1) is 0 Å². The van der Waals surface area contributed by atoms with E-state index in [9.17, 15) is 13.2 Å². The first-order valence-electron chi connectivity index (χ1n) is 6.92. The molecule has 4 nitrogen and oxygen atoms in total. The molecule has 2 rings (SSSR count). The van der Waals surface area contributed by atoms with Gasteiger partial charge in [-0.1, -0.05) is 6.92 Å². The van der Waals surface area contributed by atoms with Gasteiger partial charge in [-0.2, -0.15) is 13.2 Å². The molecule has 0 radical (unpaired) electrons. The van der Waals surface area contributed by atoms with Crippen molar-refractivity contribution >= 4 is 21.7 Å². The van der Waals surface area contributed by atoms with E-state index in [1.54, 1.807) is 6.07 Å². The van der Waals surface area contributed by atoms with Crippen molar-refractivity contribution in [3.05, 3.63) is 16.5 Å². The Hall–Kier alpha value is -0.890. The van der Waals surface area contributed by atoms with Crippen LogP contribution in [0.4, 0.5) is 19.0 Å². The fourth-order valence-corrected chi connectivity index (χ4v) is 2.86. The minimum absolute atomic E-state index is 0.214. The Morgan fingerprint density at radius 2 is 2.19 bits per heavy atom. The zero-order chi connectivity index (χ0) is 15.5. The van der Waals surface area contributed by atoms with Crippen LogP contribution >= 0.6 is 15.9 Å². The maximum absolute atomic E-state index is 12.3. The summed E-state index contributed by atoms with van der Waals surface area (Å²) < 4.78 is 37.7. The Morgan fingerprint density at radius 1 is 1.43 bits per heavy atom. The summed E-state index contributed by atoms with van der Waals surface area (Å²) >= 11 is 3.33. The van der Waals surface area contributed by atoms with Gasteiger partial charge in [-0.25, -0.2) is 9.97 Å². The summed E-state index contributed by atoms with van der Waals surface area (Å²) in [5, 5.41) is 3.20. The lowest BCUT2D eigenvalue weighted by Gasteiger charge is -2.18. The molecule has 1 atom stereocenters. The van der Waals surface area contributed by atoms with Gasteiger partial charge < -0.3 is 5.32 Å². The minimum atomic E-state index is -4.12. The maximum atomic E-state index is 12.3. The molecular weight excluding hydrogens is 349 g/mol. The van der Waals surface area contributed by atoms with Crippen LogP contribution in [0.3, 0.4) is 0 Å². The summed E-state index contributed by atoms with van der Waals surface area (Å²) in [5.74, 6) is 1.66. The van der Waals surface area contributed by atoms with Crippen LogP contribution in [-0.2, 0) is 6.42 Å². The summed E-state index contributed by atoms with van der Waals surface area (Å²) in [6.07, 6.45) is -2.61. The van der Waals surface area contributed by atoms with Gasteiger partial charge in [-0.05, 0) is 34.8 Å². The predicted molar refractivity (Wildman–Crippen MR) is 78.2 cm³/mol. The van der Waals surface area contributed by atoms with Gasteiger partial charge >= 0.3 is 6.18 Å². The summed E-state index contributed by atoms with van der Waals surface area (Å²) in [6, 6.07) is 1.78. The molecule has 1 fully saturated rings. The van der Waals surface area contributed by atoms with E-state index in [1.165, 1.54) is 4.90 Å². The number of aryl methyl sites for hydroxylation is 1. The highest BCUT2D eigenvalue weighted by molar-refractivity contribution is 9.10. The van der Waals surface area contributed by atoms with Crippen LogP contribution in [0.1, 0.15) is 19.2 Å². The van der Waals surface area contributed by atoms with E-state index in [0.717, 1.165) is 18.7 Å². The molecule has 0 spiro atoms. The molecule has 0 saturated carbocycles. The van der Waals surface area contributed by atoms with Gasteiger partial charge in [0, 0.05) is 25.6 Å². The van der Waals surface area contributed by atoms with Crippen LogP contribution in [0.25, 0.3) is 0 Å². The molecule has 1 saturated heterocycles. The van der Waals surface area contributed by atoms with Crippen LogP contribution in [0.2, 0.25) is 0 Å². The Labute approximate surface area is 130 Å². The minimum Gasteiger partial charge on any atom is -0.370 e. The van der Waals surface area contributed by atoms with E-state index in [-0.39, 0.29) is 5.92 Å². The average Bonchev–Trinajstić information content (AvgIpc) is 2.81. The molecule has 2 heterocycles. The SMILES string of the molecule is CCc1nc(Br)cc(NCC2CCN(CC(F)(F)F)C2)n1. The van der Waals surface area contributed by atoms with Gasteiger partial charge in [0.15, 0.2) is 0 Å². The molecule has 1 N–H and O–H groups in total. The van der Waals surface area contributed by atoms with Crippen LogP contribution in [0.15, 0.2) is 10.7 Å². The van der Waals surface area contributed by atoms with E-state index in [1.807, 2.05) is 6.92 Å². The highest BCUT2D eigenvalue weighted by Gasteiger charge is 2.34. The molecule has 1 aromatic heterocycles. The number of hydrogen-bond donors (Lipinski definition) is 1. The second kappa shape index (κ2) is 6.91. The van der Waals surface area contributed by atoms with Crippen molar-refractivity contribution in [2.45, 2.75) is 25.9 Å². The molecule has 0 bridgehead atoms. The fourth-order valence-electron chi connectivity index (χ4n) is 2.44. The monoisotopic (exact) mass is 366 g/mol. The summed E-state index contributed by atoms with van der Waals surface area (Å²) in [4.78, 5) is 10.0. The van der Waals surface area contributed by atoms with Gasteiger partial charge in [0.1, 0.15) is 16.2 Å². The van der Waals surface area contributed by atoms with Gasteiger partial charge in [0.05, 0.1) is 6.54 Å². The first kappa shape index (κ1) is 16.5. The molecule has 0 aromatic carbocycles. The number of nitrogens with zero attached hydrogens (tertiary/aromatic N) is 3. The number of nitrogens with one attached hydrogen (secondary N) is 1. The molecule has 1 aliphatic heterocycles. The number of halogens is 4. The van der Waals surface area contributed by atoms with Crippen LogP contribution < -0.4 is 5.32 Å². The smallest absolute Gasteiger partial charge is 0.370 e. The first-order valence-corrected chi connectivity index (χ1v) is 7.71. The second-order valence-corrected chi connectivity index (χ2v) is 6.04. The van der Waals surface area contributed by atoms with Gasteiger partial charge in [-0.3, -0.25) is 4.90 Å². The lowest BCUT2D eigenvalue weighted by Crippen LogP contribution is -2.33. The quantitative estimate of drug-likeness (QED) is 0.813. The molecule has 1 aromatic rings. The standard InChI is InChI=1S/C13H18BrF3N4/c1-2-11-19-10(14)5-12(20-11)18-6-9-3-4-21(7-9)8-13(15,16)17/h5,9H,2-4,6-8H2,1H3,(H,18,19,20). The number of likely N-dealkylation sites (tertiary alicyclic amines) is 1. The summed E-state index contributed by atoms with van der Waals surface area (Å²) in [5.41, 5.74) is 0. The average molecular weight is 367 g/mol. The number of aromatic nitrogens is 2. The second-order valence-electron chi connectivity index (χ2n) is 5.23. The molecule has 0 amide bonds. The van der Waals surface area contributed by atoms with Crippen LogP contribution in [-0.4, -0.2) is 47.2 Å². The van der Waals surface area contributed by atoms with E-state index in [0.29, 0.717) is 30.1 Å². The normalized spacial score (nSPS) is 20.0. The van der Waals surface area contributed by atoms with Crippen molar-refractivity contribution in [2.24, 2.45) is 5.92 Å². The number of hydrogen-bond acceptors (Lipinski definition) is 4. The highest BCUT2D eigenvalue weighted by atomic mass is 79.9. The lowest BCUT2D eigenvalue weighted by molar-refractivity contribution is -0.143. The Bertz CT molecular complexity index is 481. The maximum Gasteiger partial charge on any atom is 0.401 e.